The molecule has 1 saturated carbocycles. The molecule has 0 bridgehead atoms. The van der Waals surface area contributed by atoms with Crippen LogP contribution in [0.5, 0.6) is 11.5 Å². The third kappa shape index (κ3) is 3.85. The van der Waals surface area contributed by atoms with Crippen molar-refractivity contribution < 1.29 is 4.74 Å². The topological polar surface area (TPSA) is 21.3 Å². The standard InChI is InChI=1S/C19H23NO/c1-13-4-7-19(16(9-13)12-20-17-5-6-17)21-18-10-14(2)8-15(3)11-18/h4,7-11,17,20H,5-6,12H2,1-3H3. The van der Waals surface area contributed by atoms with Gasteiger partial charge in [-0.2, -0.15) is 0 Å². The maximum Gasteiger partial charge on any atom is 0.131 e. The second-order valence-electron chi connectivity index (χ2n) is 6.19. The summed E-state index contributed by atoms with van der Waals surface area (Å²) >= 11 is 0. The molecule has 2 nitrogen and oxygen atoms in total. The van der Waals surface area contributed by atoms with Crippen molar-refractivity contribution in [1.29, 1.82) is 0 Å². The van der Waals surface area contributed by atoms with Gasteiger partial charge in [0.05, 0.1) is 0 Å². The summed E-state index contributed by atoms with van der Waals surface area (Å²) in [5, 5.41) is 3.57. The molecule has 0 atom stereocenters. The Kier molecular flexibility index (Phi) is 3.98. The molecule has 1 N–H and O–H groups in total. The summed E-state index contributed by atoms with van der Waals surface area (Å²) in [7, 11) is 0. The minimum atomic E-state index is 0.708. The van der Waals surface area contributed by atoms with Gasteiger partial charge in [-0.15, -0.1) is 0 Å². The van der Waals surface area contributed by atoms with E-state index < -0.39 is 0 Å². The van der Waals surface area contributed by atoms with Crippen LogP contribution >= 0.6 is 0 Å². The van der Waals surface area contributed by atoms with Crippen molar-refractivity contribution in [3.63, 3.8) is 0 Å². The van der Waals surface area contributed by atoms with Gasteiger partial charge < -0.3 is 10.1 Å². The molecule has 110 valence electrons. The van der Waals surface area contributed by atoms with E-state index in [2.05, 4.69) is 62.5 Å². The summed E-state index contributed by atoms with van der Waals surface area (Å²) < 4.78 is 6.14. The van der Waals surface area contributed by atoms with Gasteiger partial charge in [0.25, 0.3) is 0 Å². The first-order valence-corrected chi connectivity index (χ1v) is 7.69. The van der Waals surface area contributed by atoms with E-state index in [0.717, 1.165) is 18.0 Å². The van der Waals surface area contributed by atoms with Gasteiger partial charge in [-0.25, -0.2) is 0 Å². The van der Waals surface area contributed by atoms with Crippen molar-refractivity contribution in [2.45, 2.75) is 46.2 Å². The zero-order valence-electron chi connectivity index (χ0n) is 13.1. The minimum Gasteiger partial charge on any atom is -0.457 e. The molecule has 2 heteroatoms. The van der Waals surface area contributed by atoms with Gasteiger partial charge in [0.2, 0.25) is 0 Å². The highest BCUT2D eigenvalue weighted by Crippen LogP contribution is 2.29. The van der Waals surface area contributed by atoms with Crippen LogP contribution in [0.3, 0.4) is 0 Å². The lowest BCUT2D eigenvalue weighted by molar-refractivity contribution is 0.471. The van der Waals surface area contributed by atoms with E-state index in [1.165, 1.54) is 35.1 Å². The van der Waals surface area contributed by atoms with Crippen LogP contribution in [0.25, 0.3) is 0 Å². The zero-order valence-corrected chi connectivity index (χ0v) is 13.1. The van der Waals surface area contributed by atoms with E-state index in [4.69, 9.17) is 4.74 Å². The first kappa shape index (κ1) is 14.2. The molecular weight excluding hydrogens is 258 g/mol. The first-order valence-electron chi connectivity index (χ1n) is 7.69. The number of benzene rings is 2. The first-order chi connectivity index (χ1) is 10.1. The second kappa shape index (κ2) is 5.90. The van der Waals surface area contributed by atoms with E-state index in [1.807, 2.05) is 0 Å². The monoisotopic (exact) mass is 281 g/mol. The third-order valence-electron chi connectivity index (χ3n) is 3.80. The SMILES string of the molecule is Cc1cc(C)cc(Oc2ccc(C)cc2CNC2CC2)c1. The van der Waals surface area contributed by atoms with Crippen molar-refractivity contribution in [3.05, 3.63) is 58.7 Å². The van der Waals surface area contributed by atoms with Crippen LogP contribution in [0.15, 0.2) is 36.4 Å². The van der Waals surface area contributed by atoms with Gasteiger partial charge in [0, 0.05) is 18.2 Å². The number of hydrogen-bond donors (Lipinski definition) is 1. The van der Waals surface area contributed by atoms with E-state index in [9.17, 15) is 0 Å². The summed E-state index contributed by atoms with van der Waals surface area (Å²) in [6.45, 7) is 7.21. The largest absolute Gasteiger partial charge is 0.457 e. The molecule has 0 spiro atoms. The third-order valence-corrected chi connectivity index (χ3v) is 3.80. The summed E-state index contributed by atoms with van der Waals surface area (Å²) in [5.41, 5.74) is 4.97. The lowest BCUT2D eigenvalue weighted by Crippen LogP contribution is -2.15. The molecular formula is C19H23NO. The number of rotatable bonds is 5. The van der Waals surface area contributed by atoms with Crippen LogP contribution in [0, 0.1) is 20.8 Å². The van der Waals surface area contributed by atoms with Crippen molar-refractivity contribution in [1.82, 2.24) is 5.32 Å². The average molecular weight is 281 g/mol. The second-order valence-corrected chi connectivity index (χ2v) is 6.19. The molecule has 1 aliphatic carbocycles. The molecule has 2 aromatic rings. The molecule has 0 aliphatic heterocycles. The number of aryl methyl sites for hydroxylation is 3. The highest BCUT2D eigenvalue weighted by atomic mass is 16.5. The fourth-order valence-electron chi connectivity index (χ4n) is 2.61. The van der Waals surface area contributed by atoms with Crippen molar-refractivity contribution in [2.24, 2.45) is 0 Å². The zero-order chi connectivity index (χ0) is 14.8. The van der Waals surface area contributed by atoms with Gasteiger partial charge in [-0.3, -0.25) is 0 Å². The fraction of sp³-hybridized carbons (Fsp3) is 0.368. The van der Waals surface area contributed by atoms with Crippen molar-refractivity contribution >= 4 is 0 Å². The number of ether oxygens (including phenoxy) is 1. The van der Waals surface area contributed by atoms with Gasteiger partial charge in [-0.1, -0.05) is 23.8 Å². The van der Waals surface area contributed by atoms with Crippen LogP contribution in [0.1, 0.15) is 35.1 Å². The highest BCUT2D eigenvalue weighted by Gasteiger charge is 2.20. The Morgan fingerprint density at radius 3 is 2.33 bits per heavy atom. The lowest BCUT2D eigenvalue weighted by Gasteiger charge is -2.14. The van der Waals surface area contributed by atoms with E-state index in [1.54, 1.807) is 0 Å². The molecule has 0 saturated heterocycles. The van der Waals surface area contributed by atoms with E-state index >= 15 is 0 Å². The fourth-order valence-corrected chi connectivity index (χ4v) is 2.61. The summed E-state index contributed by atoms with van der Waals surface area (Å²) in [6.07, 6.45) is 2.61. The minimum absolute atomic E-state index is 0.708. The molecule has 3 rings (SSSR count). The summed E-state index contributed by atoms with van der Waals surface area (Å²) in [4.78, 5) is 0. The van der Waals surface area contributed by atoms with Crippen LogP contribution in [0.4, 0.5) is 0 Å². The van der Waals surface area contributed by atoms with Crippen molar-refractivity contribution in [2.75, 3.05) is 0 Å². The van der Waals surface area contributed by atoms with Gasteiger partial charge in [0.1, 0.15) is 11.5 Å². The van der Waals surface area contributed by atoms with Gasteiger partial charge >= 0.3 is 0 Å². The normalized spacial score (nSPS) is 14.2. The van der Waals surface area contributed by atoms with Gasteiger partial charge in [-0.05, 0) is 62.9 Å². The molecule has 2 aromatic carbocycles. The smallest absolute Gasteiger partial charge is 0.131 e. The van der Waals surface area contributed by atoms with Crippen LogP contribution in [0.2, 0.25) is 0 Å². The van der Waals surface area contributed by atoms with Gasteiger partial charge in [0.15, 0.2) is 0 Å². The van der Waals surface area contributed by atoms with Crippen LogP contribution in [-0.2, 0) is 6.54 Å². The summed E-state index contributed by atoms with van der Waals surface area (Å²) in [6, 6.07) is 13.5. The molecule has 0 radical (unpaired) electrons. The van der Waals surface area contributed by atoms with Crippen molar-refractivity contribution in [3.8, 4) is 11.5 Å². The maximum atomic E-state index is 6.14. The quantitative estimate of drug-likeness (QED) is 0.861. The Hall–Kier alpha value is -1.80. The summed E-state index contributed by atoms with van der Waals surface area (Å²) in [5.74, 6) is 1.88. The van der Waals surface area contributed by atoms with E-state index in [-0.39, 0.29) is 0 Å². The molecule has 0 heterocycles. The lowest BCUT2D eigenvalue weighted by atomic mass is 10.1. The Labute approximate surface area is 127 Å². The molecule has 21 heavy (non-hydrogen) atoms. The van der Waals surface area contributed by atoms with Crippen LogP contribution in [-0.4, -0.2) is 6.04 Å². The number of hydrogen-bond acceptors (Lipinski definition) is 2. The molecule has 1 fully saturated rings. The molecule has 0 aromatic heterocycles. The molecule has 0 unspecified atom stereocenters. The Bertz CT molecular complexity index is 624. The van der Waals surface area contributed by atoms with Crippen LogP contribution < -0.4 is 10.1 Å². The Balaban J connectivity index is 1.82. The Morgan fingerprint density at radius 2 is 1.67 bits per heavy atom. The Morgan fingerprint density at radius 1 is 0.952 bits per heavy atom. The average Bonchev–Trinajstić information content (AvgIpc) is 3.22. The molecule has 1 aliphatic rings. The molecule has 0 amide bonds. The predicted octanol–water partition coefficient (Wildman–Crippen LogP) is 4.66. The maximum absolute atomic E-state index is 6.14. The highest BCUT2D eigenvalue weighted by molar-refractivity contribution is 5.42. The van der Waals surface area contributed by atoms with E-state index in [0.29, 0.717) is 6.04 Å². The predicted molar refractivity (Wildman–Crippen MR) is 87.0 cm³/mol. The number of nitrogens with one attached hydrogen (secondary N) is 1.